The number of carbonyl (C=O) groups excluding carboxylic acids is 1. The molecular weight excluding hydrogens is 544 g/mol. The Morgan fingerprint density at radius 3 is 2.29 bits per heavy atom. The van der Waals surface area contributed by atoms with Gasteiger partial charge in [-0.3, -0.25) is 0 Å². The fourth-order valence-corrected chi connectivity index (χ4v) is 5.59. The van der Waals surface area contributed by atoms with Gasteiger partial charge < -0.3 is 15.3 Å². The van der Waals surface area contributed by atoms with Gasteiger partial charge in [0.1, 0.15) is 0 Å². The van der Waals surface area contributed by atoms with E-state index >= 15 is 0 Å². The predicted molar refractivity (Wildman–Crippen MR) is 151 cm³/mol. The molecule has 2 aromatic carbocycles. The second kappa shape index (κ2) is 12.4. The predicted octanol–water partition coefficient (Wildman–Crippen LogP) is 6.12. The fraction of sp³-hybridized carbons (Fsp3) is 0.517. The molecule has 4 rings (SSSR count). The number of hydrogen-bond donors (Lipinski definition) is 3. The van der Waals surface area contributed by atoms with Crippen LogP contribution in [0, 0.1) is 11.3 Å². The van der Waals surface area contributed by atoms with Gasteiger partial charge in [0.25, 0.3) is 0 Å². The van der Waals surface area contributed by atoms with Crippen molar-refractivity contribution in [2.24, 2.45) is 11.3 Å². The van der Waals surface area contributed by atoms with Gasteiger partial charge in [-0.25, -0.2) is 4.79 Å². The number of amides is 2. The third-order valence-electron chi connectivity index (χ3n) is 7.82. The number of aromatic amines is 1. The average Bonchev–Trinajstić information content (AvgIpc) is 3.40. The number of H-pyrrole nitrogens is 1. The maximum absolute atomic E-state index is 13.7. The minimum Gasteiger partial charge on any atom is -0.388 e. The van der Waals surface area contributed by atoms with Crippen LogP contribution in [-0.4, -0.2) is 42.7 Å². The third kappa shape index (κ3) is 7.41. The van der Waals surface area contributed by atoms with E-state index in [1.807, 2.05) is 60.4 Å². The number of tetrazole rings is 1. The van der Waals surface area contributed by atoms with Crippen LogP contribution < -0.4 is 5.32 Å². The maximum atomic E-state index is 13.7. The Labute approximate surface area is 233 Å². The van der Waals surface area contributed by atoms with Gasteiger partial charge in [-0.2, -0.15) is 5.21 Å². The molecule has 3 aromatic rings. The van der Waals surface area contributed by atoms with Gasteiger partial charge >= 0.3 is 6.03 Å². The van der Waals surface area contributed by atoms with Crippen LogP contribution in [0.25, 0.3) is 0 Å². The second-order valence-electron chi connectivity index (χ2n) is 11.5. The average molecular weight is 584 g/mol. The summed E-state index contributed by atoms with van der Waals surface area (Å²) in [5.74, 6) is 1.14. The number of aliphatic hydroxyl groups excluding tert-OH is 1. The Morgan fingerprint density at radius 1 is 1.08 bits per heavy atom. The SMILES string of the molecule is C[C@@H](NC(=O)N(Cc1ccc(C(O)Cc2nn[nH]n2)cc1)C1CCC(C(C)(C)C)CC1)c1ccc(Br)cc1. The molecule has 1 unspecified atom stereocenters. The molecule has 9 heteroatoms. The lowest BCUT2D eigenvalue weighted by Gasteiger charge is -2.41. The second-order valence-corrected chi connectivity index (χ2v) is 12.4. The van der Waals surface area contributed by atoms with Crippen molar-refractivity contribution in [3.05, 3.63) is 75.5 Å². The van der Waals surface area contributed by atoms with Crippen molar-refractivity contribution in [2.75, 3.05) is 0 Å². The highest BCUT2D eigenvalue weighted by atomic mass is 79.9. The number of rotatable bonds is 8. The van der Waals surface area contributed by atoms with Crippen LogP contribution in [0.1, 0.15) is 88.0 Å². The molecule has 1 heterocycles. The van der Waals surface area contributed by atoms with Crippen molar-refractivity contribution in [3.8, 4) is 0 Å². The minimum absolute atomic E-state index is 0.0409. The molecule has 2 atom stereocenters. The number of benzene rings is 2. The standard InChI is InChI=1S/C29H39BrN6O2/c1-19(21-9-13-24(30)14-10-21)31-28(38)36(25-15-11-23(12-16-25)29(2,3)4)18-20-5-7-22(8-6-20)26(37)17-27-32-34-35-33-27/h5-10,13-14,19,23,25-26,37H,11-12,15-18H2,1-4H3,(H,31,38)(H,32,33,34,35)/t19-,23?,25?,26?/m1/s1. The van der Waals surface area contributed by atoms with Crippen molar-refractivity contribution >= 4 is 22.0 Å². The zero-order valence-corrected chi connectivity index (χ0v) is 24.3. The monoisotopic (exact) mass is 582 g/mol. The summed E-state index contributed by atoms with van der Waals surface area (Å²) in [6.45, 7) is 9.49. The summed E-state index contributed by atoms with van der Waals surface area (Å²) in [5, 5.41) is 27.6. The van der Waals surface area contributed by atoms with Crippen LogP contribution in [0.2, 0.25) is 0 Å². The van der Waals surface area contributed by atoms with Gasteiger partial charge in [-0.15, -0.1) is 10.2 Å². The molecule has 0 spiro atoms. The first-order valence-electron chi connectivity index (χ1n) is 13.4. The van der Waals surface area contributed by atoms with Crippen molar-refractivity contribution in [2.45, 2.75) is 84.5 Å². The normalized spacial score (nSPS) is 19.5. The van der Waals surface area contributed by atoms with Crippen molar-refractivity contribution in [3.63, 3.8) is 0 Å². The summed E-state index contributed by atoms with van der Waals surface area (Å²) in [6, 6.07) is 15.9. The molecule has 3 N–H and O–H groups in total. The summed E-state index contributed by atoms with van der Waals surface area (Å²) >= 11 is 3.48. The number of nitrogens with one attached hydrogen (secondary N) is 2. The molecule has 204 valence electrons. The maximum Gasteiger partial charge on any atom is 0.318 e. The molecule has 1 aliphatic rings. The van der Waals surface area contributed by atoms with Crippen molar-refractivity contribution in [1.82, 2.24) is 30.8 Å². The molecule has 0 radical (unpaired) electrons. The molecular formula is C29H39BrN6O2. The Balaban J connectivity index is 1.47. The molecule has 1 aliphatic carbocycles. The van der Waals surface area contributed by atoms with Gasteiger partial charge in [0, 0.05) is 23.5 Å². The van der Waals surface area contributed by atoms with Crippen LogP contribution in [0.4, 0.5) is 4.79 Å². The summed E-state index contributed by atoms with van der Waals surface area (Å²) in [5.41, 5.74) is 3.17. The summed E-state index contributed by atoms with van der Waals surface area (Å²) < 4.78 is 1.02. The zero-order chi connectivity index (χ0) is 27.3. The fourth-order valence-electron chi connectivity index (χ4n) is 5.32. The summed E-state index contributed by atoms with van der Waals surface area (Å²) in [6.07, 6.45) is 3.83. The molecule has 1 saturated carbocycles. The lowest BCUT2D eigenvalue weighted by atomic mass is 9.71. The lowest BCUT2D eigenvalue weighted by Crippen LogP contribution is -2.48. The number of carbonyl (C=O) groups is 1. The van der Waals surface area contributed by atoms with Crippen LogP contribution in [0.3, 0.4) is 0 Å². The van der Waals surface area contributed by atoms with E-state index in [0.29, 0.717) is 18.3 Å². The van der Waals surface area contributed by atoms with Crippen LogP contribution in [-0.2, 0) is 13.0 Å². The topological polar surface area (TPSA) is 107 Å². The number of aliphatic hydroxyl groups is 1. The van der Waals surface area contributed by atoms with Gasteiger partial charge in [0.2, 0.25) is 0 Å². The quantitative estimate of drug-likeness (QED) is 0.297. The number of urea groups is 1. The first kappa shape index (κ1) is 28.2. The molecule has 0 bridgehead atoms. The first-order chi connectivity index (χ1) is 18.1. The Kier molecular flexibility index (Phi) is 9.20. The molecule has 0 saturated heterocycles. The highest BCUT2D eigenvalue weighted by Crippen LogP contribution is 2.39. The van der Waals surface area contributed by atoms with Crippen LogP contribution in [0.5, 0.6) is 0 Å². The number of hydrogen-bond acceptors (Lipinski definition) is 5. The summed E-state index contributed by atoms with van der Waals surface area (Å²) in [4.78, 5) is 15.7. The highest BCUT2D eigenvalue weighted by Gasteiger charge is 2.34. The third-order valence-corrected chi connectivity index (χ3v) is 8.34. The Bertz CT molecular complexity index is 1150. The molecule has 38 heavy (non-hydrogen) atoms. The Morgan fingerprint density at radius 2 is 1.71 bits per heavy atom. The first-order valence-corrected chi connectivity index (χ1v) is 14.2. The van der Waals surface area contributed by atoms with Gasteiger partial charge in [-0.05, 0) is 72.8 Å². The van der Waals surface area contributed by atoms with E-state index in [2.05, 4.69) is 62.6 Å². The van der Waals surface area contributed by atoms with Crippen LogP contribution in [0.15, 0.2) is 53.0 Å². The Hall–Kier alpha value is -2.78. The van der Waals surface area contributed by atoms with E-state index in [1.54, 1.807) is 0 Å². The highest BCUT2D eigenvalue weighted by molar-refractivity contribution is 9.10. The molecule has 8 nitrogen and oxygen atoms in total. The molecule has 1 aromatic heterocycles. The largest absolute Gasteiger partial charge is 0.388 e. The van der Waals surface area contributed by atoms with E-state index in [1.165, 1.54) is 0 Å². The molecule has 1 fully saturated rings. The number of aromatic nitrogens is 4. The van der Waals surface area contributed by atoms with E-state index in [0.717, 1.165) is 46.8 Å². The zero-order valence-electron chi connectivity index (χ0n) is 22.7. The molecule has 0 aliphatic heterocycles. The van der Waals surface area contributed by atoms with E-state index < -0.39 is 6.10 Å². The van der Waals surface area contributed by atoms with Crippen molar-refractivity contribution in [1.29, 1.82) is 0 Å². The minimum atomic E-state index is -0.722. The van der Waals surface area contributed by atoms with E-state index in [-0.39, 0.29) is 30.0 Å². The van der Waals surface area contributed by atoms with E-state index in [4.69, 9.17) is 0 Å². The van der Waals surface area contributed by atoms with Gasteiger partial charge in [0.15, 0.2) is 5.82 Å². The van der Waals surface area contributed by atoms with E-state index in [9.17, 15) is 9.90 Å². The van der Waals surface area contributed by atoms with Crippen molar-refractivity contribution < 1.29 is 9.90 Å². The smallest absolute Gasteiger partial charge is 0.318 e. The molecule has 2 amide bonds. The number of halogens is 1. The number of nitrogens with zero attached hydrogens (tertiary/aromatic N) is 4. The van der Waals surface area contributed by atoms with Gasteiger partial charge in [0.05, 0.1) is 12.1 Å². The van der Waals surface area contributed by atoms with Crippen LogP contribution >= 0.6 is 15.9 Å². The summed E-state index contributed by atoms with van der Waals surface area (Å²) in [7, 11) is 0. The van der Waals surface area contributed by atoms with Gasteiger partial charge in [-0.1, -0.05) is 78.3 Å². The lowest BCUT2D eigenvalue weighted by molar-refractivity contribution is 0.103.